The normalized spacial score (nSPS) is 19.6. The maximum Gasteiger partial charge on any atom is 0.305 e. The number of aromatic hydroxyl groups is 1. The summed E-state index contributed by atoms with van der Waals surface area (Å²) in [7, 11) is 0. The summed E-state index contributed by atoms with van der Waals surface area (Å²) in [5.41, 5.74) is 2.37. The first-order valence-electron chi connectivity index (χ1n) is 8.11. The van der Waals surface area contributed by atoms with Crippen molar-refractivity contribution in [2.24, 2.45) is 0 Å². The third-order valence-corrected chi connectivity index (χ3v) is 4.44. The molecule has 1 aromatic rings. The summed E-state index contributed by atoms with van der Waals surface area (Å²) in [5, 5.41) is 9.85. The Morgan fingerprint density at radius 2 is 2.18 bits per heavy atom. The van der Waals surface area contributed by atoms with Crippen LogP contribution in [-0.4, -0.2) is 29.8 Å². The van der Waals surface area contributed by atoms with Crippen molar-refractivity contribution in [3.05, 3.63) is 23.8 Å². The molecule has 22 heavy (non-hydrogen) atoms. The van der Waals surface area contributed by atoms with Crippen LogP contribution in [0.5, 0.6) is 5.75 Å². The van der Waals surface area contributed by atoms with E-state index in [4.69, 9.17) is 4.74 Å². The van der Waals surface area contributed by atoms with Crippen molar-refractivity contribution >= 4 is 11.7 Å². The first-order valence-corrected chi connectivity index (χ1v) is 8.11. The first kappa shape index (κ1) is 16.7. The zero-order valence-electron chi connectivity index (χ0n) is 14.1. The largest absolute Gasteiger partial charge is 0.508 e. The van der Waals surface area contributed by atoms with Crippen LogP contribution in [0.3, 0.4) is 0 Å². The van der Waals surface area contributed by atoms with Crippen molar-refractivity contribution in [1.29, 1.82) is 0 Å². The Morgan fingerprint density at radius 3 is 2.86 bits per heavy atom. The molecule has 1 atom stereocenters. The van der Waals surface area contributed by atoms with Gasteiger partial charge in [0, 0.05) is 30.3 Å². The lowest BCUT2D eigenvalue weighted by Crippen LogP contribution is -2.48. The molecule has 1 heterocycles. The molecule has 0 radical (unpaired) electrons. The predicted octanol–water partition coefficient (Wildman–Crippen LogP) is 3.83. The summed E-state index contributed by atoms with van der Waals surface area (Å²) in [5.74, 6) is 0.618. The molecule has 1 aliphatic rings. The van der Waals surface area contributed by atoms with Gasteiger partial charge in [0.25, 0.3) is 0 Å². The van der Waals surface area contributed by atoms with Crippen LogP contribution >= 0.6 is 0 Å². The van der Waals surface area contributed by atoms with Gasteiger partial charge in [0.05, 0.1) is 6.61 Å². The Balaban J connectivity index is 2.16. The van der Waals surface area contributed by atoms with Crippen LogP contribution in [0.15, 0.2) is 18.2 Å². The van der Waals surface area contributed by atoms with E-state index in [9.17, 15) is 9.90 Å². The van der Waals surface area contributed by atoms with Crippen LogP contribution in [0.1, 0.15) is 58.4 Å². The van der Waals surface area contributed by atoms with Gasteiger partial charge in [-0.1, -0.05) is 13.0 Å². The third-order valence-electron chi connectivity index (χ3n) is 4.44. The SMILES string of the molecule is CCOC(=O)CCCN1c2cc(O)ccc2C(C)CC1(C)C. The average molecular weight is 305 g/mol. The Labute approximate surface area is 133 Å². The van der Waals surface area contributed by atoms with Gasteiger partial charge < -0.3 is 14.7 Å². The van der Waals surface area contributed by atoms with Gasteiger partial charge in [0.15, 0.2) is 0 Å². The van der Waals surface area contributed by atoms with E-state index in [0.29, 0.717) is 24.7 Å². The van der Waals surface area contributed by atoms with E-state index in [1.807, 2.05) is 19.1 Å². The van der Waals surface area contributed by atoms with E-state index in [2.05, 4.69) is 25.7 Å². The number of phenolic OH excluding ortho intramolecular Hbond substituents is 1. The lowest BCUT2D eigenvalue weighted by Gasteiger charge is -2.47. The van der Waals surface area contributed by atoms with E-state index in [1.165, 1.54) is 5.56 Å². The fourth-order valence-corrected chi connectivity index (χ4v) is 3.52. The fraction of sp³-hybridized carbons (Fsp3) is 0.611. The fourth-order valence-electron chi connectivity index (χ4n) is 3.52. The number of rotatable bonds is 5. The van der Waals surface area contributed by atoms with E-state index >= 15 is 0 Å². The van der Waals surface area contributed by atoms with Gasteiger partial charge in [-0.25, -0.2) is 0 Å². The number of fused-ring (bicyclic) bond motifs is 1. The second kappa shape index (κ2) is 6.59. The molecule has 0 fully saturated rings. The van der Waals surface area contributed by atoms with Gasteiger partial charge in [-0.15, -0.1) is 0 Å². The maximum atomic E-state index is 11.5. The van der Waals surface area contributed by atoms with Gasteiger partial charge in [0.1, 0.15) is 5.75 Å². The van der Waals surface area contributed by atoms with Gasteiger partial charge >= 0.3 is 5.97 Å². The second-order valence-electron chi connectivity index (χ2n) is 6.72. The molecule has 0 spiro atoms. The number of benzene rings is 1. The highest BCUT2D eigenvalue weighted by molar-refractivity contribution is 5.69. The van der Waals surface area contributed by atoms with E-state index in [0.717, 1.165) is 25.1 Å². The molecular formula is C18H27NO3. The molecule has 1 aromatic carbocycles. The average Bonchev–Trinajstić information content (AvgIpc) is 2.41. The van der Waals surface area contributed by atoms with Gasteiger partial charge in [-0.2, -0.15) is 0 Å². The molecule has 0 bridgehead atoms. The summed E-state index contributed by atoms with van der Waals surface area (Å²) in [4.78, 5) is 13.8. The van der Waals surface area contributed by atoms with Crippen molar-refractivity contribution in [1.82, 2.24) is 0 Å². The Morgan fingerprint density at radius 1 is 1.45 bits per heavy atom. The number of nitrogens with zero attached hydrogens (tertiary/aromatic N) is 1. The number of anilines is 1. The lowest BCUT2D eigenvalue weighted by atomic mass is 9.80. The van der Waals surface area contributed by atoms with Crippen LogP contribution in [0.25, 0.3) is 0 Å². The zero-order valence-corrected chi connectivity index (χ0v) is 14.1. The molecule has 0 amide bonds. The molecule has 122 valence electrons. The number of hydrogen-bond donors (Lipinski definition) is 1. The Hall–Kier alpha value is -1.71. The third kappa shape index (κ3) is 3.54. The summed E-state index contributed by atoms with van der Waals surface area (Å²) < 4.78 is 4.99. The monoisotopic (exact) mass is 305 g/mol. The number of esters is 1. The standard InChI is InChI=1S/C18H27NO3/c1-5-22-17(21)7-6-10-19-16-11-14(20)8-9-15(16)13(2)12-18(19,3)4/h8-9,11,13,20H,5-7,10,12H2,1-4H3. The van der Waals surface area contributed by atoms with Crippen LogP contribution in [-0.2, 0) is 9.53 Å². The van der Waals surface area contributed by atoms with Crippen LogP contribution in [0.4, 0.5) is 5.69 Å². The van der Waals surface area contributed by atoms with E-state index in [1.54, 1.807) is 6.07 Å². The van der Waals surface area contributed by atoms with Gasteiger partial charge in [0.2, 0.25) is 0 Å². The molecular weight excluding hydrogens is 278 g/mol. The molecule has 2 rings (SSSR count). The summed E-state index contributed by atoms with van der Waals surface area (Å²) in [6.07, 6.45) is 2.25. The quantitative estimate of drug-likeness (QED) is 0.840. The first-order chi connectivity index (χ1) is 10.3. The van der Waals surface area contributed by atoms with E-state index in [-0.39, 0.29) is 11.5 Å². The number of hydrogen-bond acceptors (Lipinski definition) is 4. The maximum absolute atomic E-state index is 11.5. The van der Waals surface area contributed by atoms with Gasteiger partial charge in [-0.05, 0) is 51.2 Å². The van der Waals surface area contributed by atoms with Crippen molar-refractivity contribution in [2.75, 3.05) is 18.1 Å². The minimum absolute atomic E-state index is 0.00880. The molecule has 4 heteroatoms. The van der Waals surface area contributed by atoms with Crippen LogP contribution < -0.4 is 4.90 Å². The van der Waals surface area contributed by atoms with Crippen molar-refractivity contribution in [3.8, 4) is 5.75 Å². The molecule has 1 N–H and O–H groups in total. The molecule has 0 saturated carbocycles. The molecule has 0 aromatic heterocycles. The van der Waals surface area contributed by atoms with Crippen LogP contribution in [0, 0.1) is 0 Å². The molecule has 0 aliphatic carbocycles. The predicted molar refractivity (Wildman–Crippen MR) is 88.4 cm³/mol. The molecule has 4 nitrogen and oxygen atoms in total. The minimum atomic E-state index is -0.137. The highest BCUT2D eigenvalue weighted by Crippen LogP contribution is 2.44. The number of phenols is 1. The van der Waals surface area contributed by atoms with Crippen molar-refractivity contribution in [2.45, 2.75) is 58.4 Å². The Bertz CT molecular complexity index is 539. The molecule has 1 unspecified atom stereocenters. The smallest absolute Gasteiger partial charge is 0.305 e. The van der Waals surface area contributed by atoms with E-state index < -0.39 is 0 Å². The second-order valence-corrected chi connectivity index (χ2v) is 6.72. The highest BCUT2D eigenvalue weighted by atomic mass is 16.5. The van der Waals surface area contributed by atoms with Crippen molar-refractivity contribution in [3.63, 3.8) is 0 Å². The topological polar surface area (TPSA) is 49.8 Å². The highest BCUT2D eigenvalue weighted by Gasteiger charge is 2.36. The summed E-state index contributed by atoms with van der Waals surface area (Å²) >= 11 is 0. The zero-order chi connectivity index (χ0) is 16.3. The molecule has 0 saturated heterocycles. The van der Waals surface area contributed by atoms with Crippen molar-refractivity contribution < 1.29 is 14.6 Å². The number of ether oxygens (including phenoxy) is 1. The van der Waals surface area contributed by atoms with Gasteiger partial charge in [-0.3, -0.25) is 4.79 Å². The van der Waals surface area contributed by atoms with Crippen LogP contribution in [0.2, 0.25) is 0 Å². The summed E-state index contributed by atoms with van der Waals surface area (Å²) in [6, 6.07) is 5.62. The lowest BCUT2D eigenvalue weighted by molar-refractivity contribution is -0.143. The minimum Gasteiger partial charge on any atom is -0.508 e. The number of carbonyl (C=O) groups excluding carboxylic acids is 1. The Kier molecular flexibility index (Phi) is 4.99. The summed E-state index contributed by atoms with van der Waals surface area (Å²) in [6.45, 7) is 9.72. The number of carbonyl (C=O) groups is 1. The molecule has 1 aliphatic heterocycles.